The van der Waals surface area contributed by atoms with Crippen LogP contribution in [0.2, 0.25) is 0 Å². The summed E-state index contributed by atoms with van der Waals surface area (Å²) in [6.45, 7) is 2.03. The van der Waals surface area contributed by atoms with Crippen molar-refractivity contribution in [2.24, 2.45) is 0 Å². The molecule has 0 saturated carbocycles. The second kappa shape index (κ2) is 7.16. The van der Waals surface area contributed by atoms with Crippen LogP contribution in [0.5, 0.6) is 5.75 Å². The maximum absolute atomic E-state index is 11.7. The lowest BCUT2D eigenvalue weighted by Crippen LogP contribution is -2.08. The SMILES string of the molecule is CCOC(=O)c1ccc(C(=O)CCBr)cc1OC. The second-order valence-corrected chi connectivity index (χ2v) is 4.29. The summed E-state index contributed by atoms with van der Waals surface area (Å²) in [5, 5.41) is 0.605. The first kappa shape index (κ1) is 14.7. The molecule has 0 heterocycles. The highest BCUT2D eigenvalue weighted by Crippen LogP contribution is 2.22. The molecule has 1 rings (SSSR count). The summed E-state index contributed by atoms with van der Waals surface area (Å²) in [5.41, 5.74) is 0.856. The smallest absolute Gasteiger partial charge is 0.341 e. The normalized spacial score (nSPS) is 9.94. The largest absolute Gasteiger partial charge is 0.496 e. The Bertz CT molecular complexity index is 443. The number of benzene rings is 1. The summed E-state index contributed by atoms with van der Waals surface area (Å²) >= 11 is 3.21. The maximum Gasteiger partial charge on any atom is 0.341 e. The van der Waals surface area contributed by atoms with E-state index in [1.54, 1.807) is 25.1 Å². The summed E-state index contributed by atoms with van der Waals surface area (Å²) in [5.74, 6) is -0.0942. The number of ketones is 1. The Labute approximate surface area is 114 Å². The fraction of sp³-hybridized carbons (Fsp3) is 0.385. The molecule has 0 aliphatic rings. The highest BCUT2D eigenvalue weighted by Gasteiger charge is 2.15. The van der Waals surface area contributed by atoms with Crippen LogP contribution >= 0.6 is 15.9 Å². The fourth-order valence-corrected chi connectivity index (χ4v) is 1.83. The van der Waals surface area contributed by atoms with E-state index in [2.05, 4.69) is 15.9 Å². The Morgan fingerprint density at radius 2 is 2.06 bits per heavy atom. The van der Waals surface area contributed by atoms with E-state index in [1.165, 1.54) is 7.11 Å². The third-order valence-corrected chi connectivity index (χ3v) is 2.74. The van der Waals surface area contributed by atoms with Crippen LogP contribution in [-0.2, 0) is 4.74 Å². The molecule has 0 fully saturated rings. The molecule has 5 heteroatoms. The first-order chi connectivity index (χ1) is 8.63. The number of alkyl halides is 1. The highest BCUT2D eigenvalue weighted by atomic mass is 79.9. The van der Waals surface area contributed by atoms with Gasteiger partial charge in [-0.2, -0.15) is 0 Å². The third kappa shape index (κ3) is 3.57. The molecule has 0 unspecified atom stereocenters. The lowest BCUT2D eigenvalue weighted by Gasteiger charge is -2.09. The van der Waals surface area contributed by atoms with E-state index in [9.17, 15) is 9.59 Å². The summed E-state index contributed by atoms with van der Waals surface area (Å²) in [6, 6.07) is 4.73. The van der Waals surface area contributed by atoms with Gasteiger partial charge in [0.1, 0.15) is 11.3 Å². The van der Waals surface area contributed by atoms with Gasteiger partial charge in [-0.3, -0.25) is 4.79 Å². The Kier molecular flexibility index (Phi) is 5.85. The first-order valence-electron chi connectivity index (χ1n) is 5.58. The average Bonchev–Trinajstić information content (AvgIpc) is 2.38. The van der Waals surface area contributed by atoms with Gasteiger partial charge in [-0.15, -0.1) is 0 Å². The van der Waals surface area contributed by atoms with Crippen molar-refractivity contribution >= 4 is 27.7 Å². The van der Waals surface area contributed by atoms with Crippen molar-refractivity contribution in [3.8, 4) is 5.75 Å². The van der Waals surface area contributed by atoms with Crippen molar-refractivity contribution in [2.75, 3.05) is 19.0 Å². The number of rotatable bonds is 6. The van der Waals surface area contributed by atoms with Crippen LogP contribution in [0, 0.1) is 0 Å². The maximum atomic E-state index is 11.7. The molecule has 0 saturated heterocycles. The zero-order chi connectivity index (χ0) is 13.5. The number of methoxy groups -OCH3 is 1. The molecular weight excluding hydrogens is 300 g/mol. The van der Waals surface area contributed by atoms with Crippen LogP contribution in [-0.4, -0.2) is 30.8 Å². The highest BCUT2D eigenvalue weighted by molar-refractivity contribution is 9.09. The number of halogens is 1. The quantitative estimate of drug-likeness (QED) is 0.460. The lowest BCUT2D eigenvalue weighted by atomic mass is 10.1. The van der Waals surface area contributed by atoms with E-state index in [0.717, 1.165) is 0 Å². The van der Waals surface area contributed by atoms with Crippen molar-refractivity contribution in [3.63, 3.8) is 0 Å². The standard InChI is InChI=1S/C13H15BrO4/c1-3-18-13(16)10-5-4-9(8-12(10)17-2)11(15)6-7-14/h4-5,8H,3,6-7H2,1-2H3. The van der Waals surface area contributed by atoms with Crippen molar-refractivity contribution in [1.29, 1.82) is 0 Å². The van der Waals surface area contributed by atoms with Gasteiger partial charge in [-0.1, -0.05) is 22.0 Å². The molecular formula is C13H15BrO4. The topological polar surface area (TPSA) is 52.6 Å². The molecule has 0 amide bonds. The van der Waals surface area contributed by atoms with Crippen molar-refractivity contribution < 1.29 is 19.1 Å². The Morgan fingerprint density at radius 1 is 1.33 bits per heavy atom. The van der Waals surface area contributed by atoms with E-state index in [0.29, 0.717) is 35.2 Å². The minimum Gasteiger partial charge on any atom is -0.496 e. The van der Waals surface area contributed by atoms with Gasteiger partial charge < -0.3 is 9.47 Å². The summed E-state index contributed by atoms with van der Waals surface area (Å²) < 4.78 is 10.0. The molecule has 0 atom stereocenters. The van der Waals surface area contributed by atoms with Crippen LogP contribution < -0.4 is 4.74 Å². The van der Waals surface area contributed by atoms with Gasteiger partial charge in [-0.05, 0) is 19.1 Å². The summed E-state index contributed by atoms with van der Waals surface area (Å²) in [7, 11) is 1.46. The molecule has 0 aromatic heterocycles. The van der Waals surface area contributed by atoms with E-state index in [-0.39, 0.29) is 5.78 Å². The predicted octanol–water partition coefficient (Wildman–Crippen LogP) is 2.84. The molecule has 0 bridgehead atoms. The van der Waals surface area contributed by atoms with E-state index >= 15 is 0 Å². The van der Waals surface area contributed by atoms with Gasteiger partial charge in [0, 0.05) is 17.3 Å². The van der Waals surface area contributed by atoms with Gasteiger partial charge in [0.15, 0.2) is 5.78 Å². The second-order valence-electron chi connectivity index (χ2n) is 3.50. The number of ether oxygens (including phenoxy) is 2. The van der Waals surface area contributed by atoms with E-state index in [4.69, 9.17) is 9.47 Å². The van der Waals surface area contributed by atoms with Crippen LogP contribution in [0.1, 0.15) is 34.1 Å². The number of hydrogen-bond donors (Lipinski definition) is 0. The number of carbonyl (C=O) groups excluding carboxylic acids is 2. The summed E-state index contributed by atoms with van der Waals surface area (Å²) in [6.07, 6.45) is 0.405. The zero-order valence-corrected chi connectivity index (χ0v) is 12.0. The van der Waals surface area contributed by atoms with E-state index in [1.807, 2.05) is 0 Å². The van der Waals surface area contributed by atoms with Crippen LogP contribution in [0.15, 0.2) is 18.2 Å². The van der Waals surface area contributed by atoms with E-state index < -0.39 is 5.97 Å². The zero-order valence-electron chi connectivity index (χ0n) is 10.4. The third-order valence-electron chi connectivity index (χ3n) is 2.34. The molecule has 0 aliphatic heterocycles. The molecule has 0 N–H and O–H groups in total. The molecule has 4 nitrogen and oxygen atoms in total. The van der Waals surface area contributed by atoms with Crippen LogP contribution in [0.4, 0.5) is 0 Å². The Hall–Kier alpha value is -1.36. The minimum absolute atomic E-state index is 0.000541. The first-order valence-corrected chi connectivity index (χ1v) is 6.70. The molecule has 0 spiro atoms. The summed E-state index contributed by atoms with van der Waals surface area (Å²) in [4.78, 5) is 23.4. The number of hydrogen-bond acceptors (Lipinski definition) is 4. The number of carbonyl (C=O) groups is 2. The van der Waals surface area contributed by atoms with Gasteiger partial charge in [0.25, 0.3) is 0 Å². The predicted molar refractivity (Wildman–Crippen MR) is 71.7 cm³/mol. The molecule has 98 valence electrons. The Balaban J connectivity index is 3.03. The Morgan fingerprint density at radius 3 is 2.61 bits per heavy atom. The monoisotopic (exact) mass is 314 g/mol. The lowest BCUT2D eigenvalue weighted by molar-refractivity contribution is 0.0522. The molecule has 1 aromatic carbocycles. The van der Waals surface area contributed by atoms with Crippen molar-refractivity contribution in [3.05, 3.63) is 29.3 Å². The molecule has 0 radical (unpaired) electrons. The van der Waals surface area contributed by atoms with Crippen LogP contribution in [0.25, 0.3) is 0 Å². The molecule has 1 aromatic rings. The van der Waals surface area contributed by atoms with Crippen molar-refractivity contribution in [2.45, 2.75) is 13.3 Å². The molecule has 0 aliphatic carbocycles. The van der Waals surface area contributed by atoms with Gasteiger partial charge >= 0.3 is 5.97 Å². The number of Topliss-reactive ketones (excluding diaryl/α,β-unsaturated/α-hetero) is 1. The minimum atomic E-state index is -0.450. The van der Waals surface area contributed by atoms with Gasteiger partial charge in [0.2, 0.25) is 0 Å². The van der Waals surface area contributed by atoms with Crippen LogP contribution in [0.3, 0.4) is 0 Å². The molecule has 18 heavy (non-hydrogen) atoms. The van der Waals surface area contributed by atoms with Gasteiger partial charge in [-0.25, -0.2) is 4.79 Å². The number of esters is 1. The van der Waals surface area contributed by atoms with Gasteiger partial charge in [0.05, 0.1) is 13.7 Å². The fourth-order valence-electron chi connectivity index (χ4n) is 1.47. The average molecular weight is 315 g/mol. The van der Waals surface area contributed by atoms with Crippen molar-refractivity contribution in [1.82, 2.24) is 0 Å².